The largest absolute Gasteiger partial charge is 0.472 e. The van der Waals surface area contributed by atoms with Crippen molar-refractivity contribution < 1.29 is 13.9 Å². The fraction of sp³-hybridized carbons (Fsp3) is 0.806. The van der Waals surface area contributed by atoms with Gasteiger partial charge >= 0.3 is 0 Å². The lowest BCUT2D eigenvalue weighted by Gasteiger charge is -2.59. The molecule has 1 saturated heterocycles. The summed E-state index contributed by atoms with van der Waals surface area (Å²) in [5, 5.41) is 0. The molecule has 3 saturated carbocycles. The second-order valence-corrected chi connectivity index (χ2v) is 13.0. The Morgan fingerprint density at radius 3 is 2.67 bits per heavy atom. The first-order valence-corrected chi connectivity index (χ1v) is 14.9. The standard InChI is InChI=1S/C31H48N2O3/c1-29-11-7-25(35-19-14-32)21-23(29)5-6-26-27(29)8-12-30(2)28(26)9-13-31(30,24-10-18-34-22-24)36-20-17-33-15-3-4-16-33/h5,10,18,22,25-28H,3-4,6-9,11-17,19-21,32H2,1-2H3/t25-,26+,27-,28-,29-,30-,31+/m0/s1. The van der Waals surface area contributed by atoms with Crippen LogP contribution in [-0.4, -0.2) is 50.4 Å². The molecule has 5 heteroatoms. The summed E-state index contributed by atoms with van der Waals surface area (Å²) in [5.74, 6) is 2.25. The second-order valence-electron chi connectivity index (χ2n) is 13.0. The predicted octanol–water partition coefficient (Wildman–Crippen LogP) is 5.89. The molecule has 7 atom stereocenters. The summed E-state index contributed by atoms with van der Waals surface area (Å²) >= 11 is 0. The van der Waals surface area contributed by atoms with E-state index in [4.69, 9.17) is 19.6 Å². The molecule has 200 valence electrons. The van der Waals surface area contributed by atoms with Crippen molar-refractivity contribution >= 4 is 0 Å². The van der Waals surface area contributed by atoms with Gasteiger partial charge in [-0.25, -0.2) is 0 Å². The second kappa shape index (κ2) is 9.87. The zero-order valence-corrected chi connectivity index (χ0v) is 22.7. The Bertz CT molecular complexity index is 924. The molecular formula is C31H48N2O3. The molecule has 0 amide bonds. The summed E-state index contributed by atoms with van der Waals surface area (Å²) in [6, 6.07) is 2.19. The first kappa shape index (κ1) is 25.2. The van der Waals surface area contributed by atoms with Crippen LogP contribution in [0.15, 0.2) is 34.7 Å². The maximum Gasteiger partial charge on any atom is 0.102 e. The van der Waals surface area contributed by atoms with Crippen molar-refractivity contribution in [1.29, 1.82) is 0 Å². The number of hydrogen-bond acceptors (Lipinski definition) is 5. The van der Waals surface area contributed by atoms with Gasteiger partial charge in [-0.15, -0.1) is 0 Å². The molecule has 2 N–H and O–H groups in total. The van der Waals surface area contributed by atoms with Gasteiger partial charge in [-0.1, -0.05) is 25.5 Å². The minimum Gasteiger partial charge on any atom is -0.472 e. The van der Waals surface area contributed by atoms with Crippen LogP contribution in [-0.2, 0) is 15.1 Å². The van der Waals surface area contributed by atoms with Crippen molar-refractivity contribution in [2.75, 3.05) is 39.4 Å². The summed E-state index contributed by atoms with van der Waals surface area (Å²) in [6.45, 7) is 10.8. The van der Waals surface area contributed by atoms with E-state index in [2.05, 4.69) is 30.9 Å². The Kier molecular flexibility index (Phi) is 6.90. The van der Waals surface area contributed by atoms with Crippen molar-refractivity contribution in [3.63, 3.8) is 0 Å². The van der Waals surface area contributed by atoms with Gasteiger partial charge in [0.25, 0.3) is 0 Å². The highest BCUT2D eigenvalue weighted by molar-refractivity contribution is 5.30. The Labute approximate surface area is 218 Å². The first-order valence-electron chi connectivity index (χ1n) is 14.9. The van der Waals surface area contributed by atoms with Crippen LogP contribution in [0.25, 0.3) is 0 Å². The van der Waals surface area contributed by atoms with E-state index < -0.39 is 0 Å². The zero-order chi connectivity index (χ0) is 24.8. The van der Waals surface area contributed by atoms with Gasteiger partial charge in [0.1, 0.15) is 5.60 Å². The summed E-state index contributed by atoms with van der Waals surface area (Å²) in [7, 11) is 0. The molecule has 0 bridgehead atoms. The maximum absolute atomic E-state index is 7.09. The number of likely N-dealkylation sites (tertiary alicyclic amines) is 1. The zero-order valence-electron chi connectivity index (χ0n) is 22.7. The molecule has 36 heavy (non-hydrogen) atoms. The number of furan rings is 1. The van der Waals surface area contributed by atoms with Gasteiger partial charge in [0.2, 0.25) is 0 Å². The molecular weight excluding hydrogens is 448 g/mol. The topological polar surface area (TPSA) is 60.9 Å². The SMILES string of the molecule is C[C@]12CC[C@H](OCCN)CC1=CC[C@@H]1[C@@H]2CC[C@@]2(C)[C@H]1CC[C@@]2(OCCN1CCCC1)c1ccoc1. The van der Waals surface area contributed by atoms with Gasteiger partial charge in [-0.05, 0) is 107 Å². The molecule has 0 aromatic carbocycles. The van der Waals surface area contributed by atoms with Crippen LogP contribution in [0, 0.1) is 28.6 Å². The van der Waals surface area contributed by atoms with E-state index in [1.54, 1.807) is 5.57 Å². The Balaban J connectivity index is 1.24. The van der Waals surface area contributed by atoms with E-state index in [0.717, 1.165) is 37.8 Å². The van der Waals surface area contributed by atoms with Crippen LogP contribution in [0.4, 0.5) is 0 Å². The van der Waals surface area contributed by atoms with Crippen LogP contribution in [0.2, 0.25) is 0 Å². The van der Waals surface area contributed by atoms with Crippen molar-refractivity contribution in [2.45, 2.75) is 89.8 Å². The minimum absolute atomic E-state index is 0.159. The van der Waals surface area contributed by atoms with Crippen molar-refractivity contribution in [3.8, 4) is 0 Å². The quantitative estimate of drug-likeness (QED) is 0.455. The fourth-order valence-electron chi connectivity index (χ4n) is 9.65. The van der Waals surface area contributed by atoms with Gasteiger partial charge in [0.15, 0.2) is 0 Å². The van der Waals surface area contributed by atoms with Crippen LogP contribution in [0.5, 0.6) is 0 Å². The number of rotatable bonds is 8. The highest BCUT2D eigenvalue weighted by Crippen LogP contribution is 2.70. The van der Waals surface area contributed by atoms with E-state index in [0.29, 0.717) is 30.6 Å². The van der Waals surface area contributed by atoms with Crippen molar-refractivity contribution in [3.05, 3.63) is 35.8 Å². The monoisotopic (exact) mass is 496 g/mol. The van der Waals surface area contributed by atoms with Crippen LogP contribution in [0.1, 0.15) is 83.6 Å². The molecule has 4 aliphatic carbocycles. The number of ether oxygens (including phenoxy) is 2. The predicted molar refractivity (Wildman–Crippen MR) is 143 cm³/mol. The van der Waals surface area contributed by atoms with Crippen LogP contribution < -0.4 is 5.73 Å². The number of fused-ring (bicyclic) bond motifs is 5. The lowest BCUT2D eigenvalue weighted by Crippen LogP contribution is -2.54. The van der Waals surface area contributed by atoms with E-state index >= 15 is 0 Å². The van der Waals surface area contributed by atoms with Gasteiger partial charge in [0.05, 0.1) is 31.8 Å². The van der Waals surface area contributed by atoms with E-state index in [1.807, 2.05) is 12.5 Å². The average molecular weight is 497 g/mol. The molecule has 1 aliphatic heterocycles. The molecule has 2 heterocycles. The summed E-state index contributed by atoms with van der Waals surface area (Å²) in [6.07, 6.45) is 19.3. The molecule has 0 radical (unpaired) electrons. The summed E-state index contributed by atoms with van der Waals surface area (Å²) in [4.78, 5) is 2.58. The van der Waals surface area contributed by atoms with Gasteiger partial charge in [-0.3, -0.25) is 0 Å². The normalized spacial score (nSPS) is 42.6. The minimum atomic E-state index is -0.214. The van der Waals surface area contributed by atoms with E-state index in [-0.39, 0.29) is 11.0 Å². The average Bonchev–Trinajstić information content (AvgIpc) is 3.64. The third-order valence-electron chi connectivity index (χ3n) is 11.6. The molecule has 5 aliphatic rings. The van der Waals surface area contributed by atoms with Gasteiger partial charge < -0.3 is 24.5 Å². The number of allylic oxidation sites excluding steroid dienone is 1. The Morgan fingerprint density at radius 1 is 1.06 bits per heavy atom. The molecule has 4 fully saturated rings. The smallest absolute Gasteiger partial charge is 0.102 e. The van der Waals surface area contributed by atoms with E-state index in [9.17, 15) is 0 Å². The molecule has 0 unspecified atom stereocenters. The molecule has 1 aromatic rings. The number of hydrogen-bond donors (Lipinski definition) is 1. The molecule has 5 nitrogen and oxygen atoms in total. The Hall–Kier alpha value is -1.14. The number of nitrogens with two attached hydrogens (primary N) is 1. The molecule has 1 aromatic heterocycles. The van der Waals surface area contributed by atoms with Gasteiger partial charge in [0, 0.05) is 24.1 Å². The third kappa shape index (κ3) is 3.95. The van der Waals surface area contributed by atoms with Crippen molar-refractivity contribution in [1.82, 2.24) is 4.90 Å². The Morgan fingerprint density at radius 2 is 1.89 bits per heavy atom. The molecule has 0 spiro atoms. The van der Waals surface area contributed by atoms with Crippen LogP contribution >= 0.6 is 0 Å². The van der Waals surface area contributed by atoms with Crippen molar-refractivity contribution in [2.24, 2.45) is 34.3 Å². The summed E-state index contributed by atoms with van der Waals surface area (Å²) < 4.78 is 18.9. The number of nitrogens with zero attached hydrogens (tertiary/aromatic N) is 1. The molecule has 6 rings (SSSR count). The highest BCUT2D eigenvalue weighted by atomic mass is 16.5. The van der Waals surface area contributed by atoms with Gasteiger partial charge in [-0.2, -0.15) is 0 Å². The lowest BCUT2D eigenvalue weighted by atomic mass is 9.46. The maximum atomic E-state index is 7.09. The highest BCUT2D eigenvalue weighted by Gasteiger charge is 2.65. The van der Waals surface area contributed by atoms with E-state index in [1.165, 1.54) is 70.0 Å². The third-order valence-corrected chi connectivity index (χ3v) is 11.6. The summed E-state index contributed by atoms with van der Waals surface area (Å²) in [5.41, 5.74) is 8.96. The lowest BCUT2D eigenvalue weighted by molar-refractivity contribution is -0.166. The fourth-order valence-corrected chi connectivity index (χ4v) is 9.65. The van der Waals surface area contributed by atoms with Crippen LogP contribution in [0.3, 0.4) is 0 Å². The first-order chi connectivity index (χ1) is 17.5.